The zero-order valence-electron chi connectivity index (χ0n) is 16.0. The number of halogens is 1. The molecule has 0 bridgehead atoms. The van der Waals surface area contributed by atoms with Gasteiger partial charge in [0, 0.05) is 17.2 Å². The number of hydrogen-bond acceptors (Lipinski definition) is 1. The lowest BCUT2D eigenvalue weighted by molar-refractivity contribution is -0.452. The zero-order chi connectivity index (χ0) is 18.4. The number of ether oxygens (including phenoxy) is 1. The van der Waals surface area contributed by atoms with Crippen molar-refractivity contribution < 1.29 is 13.7 Å². The highest BCUT2D eigenvalue weighted by molar-refractivity contribution is 5.77. The van der Waals surface area contributed by atoms with Crippen molar-refractivity contribution >= 4 is 11.9 Å². The van der Waals surface area contributed by atoms with Crippen molar-refractivity contribution in [2.75, 3.05) is 6.73 Å². The first-order valence-corrected chi connectivity index (χ1v) is 8.74. The fraction of sp³-hybridized carbons (Fsp3) is 0.409. The third-order valence-corrected chi connectivity index (χ3v) is 4.58. The number of fused-ring (bicyclic) bond motifs is 1. The molecule has 0 saturated carbocycles. The van der Waals surface area contributed by atoms with E-state index in [1.54, 1.807) is 12.1 Å². The van der Waals surface area contributed by atoms with Crippen LogP contribution in [0.3, 0.4) is 0 Å². The van der Waals surface area contributed by atoms with Gasteiger partial charge in [-0.05, 0) is 40.7 Å². The molecular formula is C22H27FNO+. The maximum absolute atomic E-state index is 13.2. The molecule has 1 heterocycles. The van der Waals surface area contributed by atoms with Crippen molar-refractivity contribution in [3.05, 3.63) is 58.9 Å². The first kappa shape index (κ1) is 17.7. The molecule has 0 spiro atoms. The minimum atomic E-state index is -0.222. The normalized spacial score (nSPS) is 16.0. The van der Waals surface area contributed by atoms with Gasteiger partial charge in [-0.25, -0.2) is 4.39 Å². The maximum Gasteiger partial charge on any atom is 0.293 e. The molecule has 0 amide bonds. The predicted octanol–water partition coefficient (Wildman–Crippen LogP) is 5.53. The molecule has 0 unspecified atom stereocenters. The van der Waals surface area contributed by atoms with E-state index >= 15 is 0 Å². The smallest absolute Gasteiger partial charge is 0.293 e. The van der Waals surface area contributed by atoms with Crippen LogP contribution in [0, 0.1) is 5.82 Å². The molecule has 1 aliphatic heterocycles. The zero-order valence-corrected chi connectivity index (χ0v) is 16.0. The SMILES string of the molecule is CC(C)(C)c1cc2c(c(C(C)(C)C)c1)OC/[N+]2=C/c1ccc(F)cc1. The van der Waals surface area contributed by atoms with Gasteiger partial charge in [-0.15, -0.1) is 0 Å². The summed E-state index contributed by atoms with van der Waals surface area (Å²) in [7, 11) is 0. The fourth-order valence-electron chi connectivity index (χ4n) is 3.01. The van der Waals surface area contributed by atoms with Crippen molar-refractivity contribution in [3.63, 3.8) is 0 Å². The van der Waals surface area contributed by atoms with Crippen molar-refractivity contribution in [1.82, 2.24) is 0 Å². The van der Waals surface area contributed by atoms with Crippen LogP contribution in [0.25, 0.3) is 0 Å². The molecule has 0 fully saturated rings. The number of benzene rings is 2. The summed E-state index contributed by atoms with van der Waals surface area (Å²) in [5.41, 5.74) is 4.61. The van der Waals surface area contributed by atoms with E-state index in [4.69, 9.17) is 4.74 Å². The topological polar surface area (TPSA) is 12.2 Å². The van der Waals surface area contributed by atoms with E-state index in [-0.39, 0.29) is 16.6 Å². The lowest BCUT2D eigenvalue weighted by Crippen LogP contribution is -2.17. The first-order valence-electron chi connectivity index (χ1n) is 8.74. The summed E-state index contributed by atoms with van der Waals surface area (Å²) in [4.78, 5) is 0. The molecular weight excluding hydrogens is 313 g/mol. The summed E-state index contributed by atoms with van der Waals surface area (Å²) in [5, 5.41) is 0. The average molecular weight is 340 g/mol. The van der Waals surface area contributed by atoms with Crippen LogP contribution in [0.1, 0.15) is 58.2 Å². The lowest BCUT2D eigenvalue weighted by atomic mass is 9.80. The first-order chi connectivity index (χ1) is 11.6. The molecule has 1 aliphatic rings. The Kier molecular flexibility index (Phi) is 4.22. The van der Waals surface area contributed by atoms with Gasteiger partial charge < -0.3 is 4.74 Å². The van der Waals surface area contributed by atoms with E-state index < -0.39 is 0 Å². The highest BCUT2D eigenvalue weighted by Crippen LogP contribution is 2.44. The van der Waals surface area contributed by atoms with E-state index in [0.29, 0.717) is 6.73 Å². The fourth-order valence-corrected chi connectivity index (χ4v) is 3.01. The Hall–Kier alpha value is -2.16. The molecule has 0 aliphatic carbocycles. The van der Waals surface area contributed by atoms with Gasteiger partial charge in [-0.3, -0.25) is 0 Å². The summed E-state index contributed by atoms with van der Waals surface area (Å²) >= 11 is 0. The van der Waals surface area contributed by atoms with Gasteiger partial charge in [0.25, 0.3) is 12.4 Å². The Labute approximate surface area is 150 Å². The van der Waals surface area contributed by atoms with Crippen LogP contribution in [0.15, 0.2) is 36.4 Å². The summed E-state index contributed by atoms with van der Waals surface area (Å²) < 4.78 is 21.3. The average Bonchev–Trinajstić information content (AvgIpc) is 2.90. The molecule has 0 saturated heterocycles. The van der Waals surface area contributed by atoms with Gasteiger partial charge in [-0.2, -0.15) is 4.58 Å². The third kappa shape index (κ3) is 3.60. The number of hydrogen-bond donors (Lipinski definition) is 0. The summed E-state index contributed by atoms with van der Waals surface area (Å²) in [6, 6.07) is 11.0. The minimum Gasteiger partial charge on any atom is -0.429 e. The Bertz CT molecular complexity index is 821. The number of nitrogens with zero attached hydrogens (tertiary/aromatic N) is 1. The molecule has 2 nitrogen and oxygen atoms in total. The molecule has 0 N–H and O–H groups in total. The lowest BCUT2D eigenvalue weighted by Gasteiger charge is -2.25. The van der Waals surface area contributed by atoms with Gasteiger partial charge in [-0.1, -0.05) is 47.6 Å². The van der Waals surface area contributed by atoms with Gasteiger partial charge in [0.15, 0.2) is 6.21 Å². The molecule has 25 heavy (non-hydrogen) atoms. The Balaban J connectivity index is 2.16. The molecule has 2 aromatic carbocycles. The van der Waals surface area contributed by atoms with Crippen LogP contribution in [0.4, 0.5) is 10.1 Å². The predicted molar refractivity (Wildman–Crippen MR) is 101 cm³/mol. The van der Waals surface area contributed by atoms with Gasteiger partial charge in [0.05, 0.1) is 0 Å². The molecule has 3 rings (SSSR count). The van der Waals surface area contributed by atoms with Gasteiger partial charge in [0.2, 0.25) is 5.75 Å². The Morgan fingerprint density at radius 3 is 2.16 bits per heavy atom. The Morgan fingerprint density at radius 1 is 0.960 bits per heavy atom. The summed E-state index contributed by atoms with van der Waals surface area (Å²) in [5.74, 6) is 0.735. The largest absolute Gasteiger partial charge is 0.429 e. The van der Waals surface area contributed by atoms with E-state index in [9.17, 15) is 4.39 Å². The van der Waals surface area contributed by atoms with Crippen LogP contribution in [0.5, 0.6) is 5.75 Å². The summed E-state index contributed by atoms with van der Waals surface area (Å²) in [6.45, 7) is 13.8. The van der Waals surface area contributed by atoms with E-state index in [2.05, 4.69) is 58.3 Å². The van der Waals surface area contributed by atoms with E-state index in [1.807, 2.05) is 6.21 Å². The second-order valence-electron chi connectivity index (χ2n) is 8.80. The highest BCUT2D eigenvalue weighted by atomic mass is 19.1. The van der Waals surface area contributed by atoms with Gasteiger partial charge >= 0.3 is 0 Å². The minimum absolute atomic E-state index is 0.00275. The molecule has 3 heteroatoms. The molecule has 2 aromatic rings. The van der Waals surface area contributed by atoms with Crippen LogP contribution in [0.2, 0.25) is 0 Å². The van der Waals surface area contributed by atoms with Crippen molar-refractivity contribution in [2.45, 2.75) is 52.4 Å². The van der Waals surface area contributed by atoms with Crippen LogP contribution in [-0.4, -0.2) is 17.5 Å². The quantitative estimate of drug-likeness (QED) is 0.621. The third-order valence-electron chi connectivity index (χ3n) is 4.58. The summed E-state index contributed by atoms with van der Waals surface area (Å²) in [6.07, 6.45) is 2.02. The maximum atomic E-state index is 13.2. The van der Waals surface area contributed by atoms with Crippen molar-refractivity contribution in [2.24, 2.45) is 0 Å². The Morgan fingerprint density at radius 2 is 1.60 bits per heavy atom. The van der Waals surface area contributed by atoms with Crippen molar-refractivity contribution in [1.29, 1.82) is 0 Å². The van der Waals surface area contributed by atoms with Crippen LogP contribution >= 0.6 is 0 Å². The van der Waals surface area contributed by atoms with Crippen molar-refractivity contribution in [3.8, 4) is 5.75 Å². The molecule has 132 valence electrons. The number of rotatable bonds is 1. The standard InChI is InChI=1S/C22H27FNO/c1-21(2,3)16-11-18(22(4,5)6)20-19(12-16)24(14-25-20)13-15-7-9-17(23)10-8-15/h7-13H,14H2,1-6H3/q+1/b24-13-. The monoisotopic (exact) mass is 340 g/mol. The second kappa shape index (κ2) is 5.98. The molecule has 0 radical (unpaired) electrons. The highest BCUT2D eigenvalue weighted by Gasteiger charge is 2.34. The second-order valence-corrected chi connectivity index (χ2v) is 8.80. The molecule has 0 atom stereocenters. The van der Waals surface area contributed by atoms with Gasteiger partial charge in [0.1, 0.15) is 5.82 Å². The van der Waals surface area contributed by atoms with Crippen LogP contribution in [-0.2, 0) is 10.8 Å². The van der Waals surface area contributed by atoms with E-state index in [0.717, 1.165) is 17.0 Å². The van der Waals surface area contributed by atoms with E-state index in [1.165, 1.54) is 23.3 Å². The van der Waals surface area contributed by atoms with Crippen LogP contribution < -0.4 is 4.74 Å². The molecule has 0 aromatic heterocycles.